The number of carbonyl (C=O) groups is 1. The van der Waals surface area contributed by atoms with Gasteiger partial charge in [0.1, 0.15) is 0 Å². The van der Waals surface area contributed by atoms with Crippen LogP contribution >= 0.6 is 11.3 Å². The summed E-state index contributed by atoms with van der Waals surface area (Å²) in [6.45, 7) is 3.13. The number of carboxylic acid groups (broad SMARTS) is 1. The van der Waals surface area contributed by atoms with Gasteiger partial charge >= 0.3 is 12.1 Å². The lowest BCUT2D eigenvalue weighted by Gasteiger charge is -2.27. The van der Waals surface area contributed by atoms with E-state index in [1.165, 1.54) is 11.3 Å². The Morgan fingerprint density at radius 3 is 2.42 bits per heavy atom. The van der Waals surface area contributed by atoms with Gasteiger partial charge in [-0.3, -0.25) is 9.69 Å². The fourth-order valence-corrected chi connectivity index (χ4v) is 2.85. The van der Waals surface area contributed by atoms with Crippen molar-refractivity contribution < 1.29 is 23.1 Å². The van der Waals surface area contributed by atoms with E-state index < -0.39 is 31.3 Å². The van der Waals surface area contributed by atoms with Gasteiger partial charge in [0.25, 0.3) is 0 Å². The van der Waals surface area contributed by atoms with E-state index in [2.05, 4.69) is 4.98 Å². The molecule has 0 bridgehead atoms. The SMILES string of the molecule is Cc1nc(C)c(C(C)N(CC(=O)O)CC(F)(F)F)s1. The van der Waals surface area contributed by atoms with Gasteiger partial charge in [-0.15, -0.1) is 11.3 Å². The van der Waals surface area contributed by atoms with Crippen LogP contribution in [0.25, 0.3) is 0 Å². The second-order valence-corrected chi connectivity index (χ2v) is 5.51. The minimum Gasteiger partial charge on any atom is -0.480 e. The van der Waals surface area contributed by atoms with Crippen molar-refractivity contribution >= 4 is 17.3 Å². The minimum absolute atomic E-state index is 0.635. The number of carboxylic acids is 1. The van der Waals surface area contributed by atoms with Crippen LogP contribution in [0.15, 0.2) is 0 Å². The average Bonchev–Trinajstić information content (AvgIpc) is 2.53. The molecule has 0 saturated carbocycles. The molecule has 4 nitrogen and oxygen atoms in total. The molecule has 1 unspecified atom stereocenters. The van der Waals surface area contributed by atoms with Crippen LogP contribution in [-0.2, 0) is 4.79 Å². The number of alkyl halides is 3. The lowest BCUT2D eigenvalue weighted by molar-refractivity contribution is -0.157. The van der Waals surface area contributed by atoms with E-state index >= 15 is 0 Å². The molecule has 19 heavy (non-hydrogen) atoms. The Balaban J connectivity index is 2.96. The summed E-state index contributed by atoms with van der Waals surface area (Å²) in [7, 11) is 0. The second kappa shape index (κ2) is 5.87. The fraction of sp³-hybridized carbons (Fsp3) is 0.636. The predicted molar refractivity (Wildman–Crippen MR) is 65.3 cm³/mol. The van der Waals surface area contributed by atoms with Crippen molar-refractivity contribution in [3.05, 3.63) is 15.6 Å². The molecule has 1 aromatic rings. The van der Waals surface area contributed by atoms with Crippen molar-refractivity contribution in [1.29, 1.82) is 0 Å². The number of rotatable bonds is 5. The summed E-state index contributed by atoms with van der Waals surface area (Å²) in [6.07, 6.45) is -4.43. The van der Waals surface area contributed by atoms with Gasteiger partial charge in [0.2, 0.25) is 0 Å². The largest absolute Gasteiger partial charge is 0.480 e. The molecule has 0 amide bonds. The third kappa shape index (κ3) is 4.79. The van der Waals surface area contributed by atoms with Crippen molar-refractivity contribution in [2.24, 2.45) is 0 Å². The van der Waals surface area contributed by atoms with Crippen LogP contribution < -0.4 is 0 Å². The van der Waals surface area contributed by atoms with E-state index in [1.54, 1.807) is 20.8 Å². The molecule has 1 heterocycles. The maximum absolute atomic E-state index is 12.5. The average molecular weight is 296 g/mol. The number of aromatic nitrogens is 1. The highest BCUT2D eigenvalue weighted by molar-refractivity contribution is 7.11. The predicted octanol–water partition coefficient (Wildman–Crippen LogP) is 2.77. The molecule has 0 aliphatic carbocycles. The molecular weight excluding hydrogens is 281 g/mol. The first-order chi connectivity index (χ1) is 8.60. The van der Waals surface area contributed by atoms with Crippen LogP contribution in [0, 0.1) is 13.8 Å². The molecule has 108 valence electrons. The quantitative estimate of drug-likeness (QED) is 0.907. The Hall–Kier alpha value is -1.15. The zero-order valence-electron chi connectivity index (χ0n) is 10.8. The molecule has 0 saturated heterocycles. The molecule has 1 aromatic heterocycles. The highest BCUT2D eigenvalue weighted by Gasteiger charge is 2.34. The Kier molecular flexibility index (Phi) is 4.92. The summed E-state index contributed by atoms with van der Waals surface area (Å²) in [5.41, 5.74) is 0.646. The Morgan fingerprint density at radius 2 is 2.05 bits per heavy atom. The Bertz CT molecular complexity index is 459. The Labute approximate surface area is 112 Å². The van der Waals surface area contributed by atoms with Gasteiger partial charge in [-0.2, -0.15) is 13.2 Å². The molecular formula is C11H15F3N2O2S. The van der Waals surface area contributed by atoms with Gasteiger partial charge in [-0.1, -0.05) is 0 Å². The summed E-state index contributed by atoms with van der Waals surface area (Å²) >= 11 is 1.29. The van der Waals surface area contributed by atoms with Gasteiger partial charge in [0, 0.05) is 10.9 Å². The molecule has 0 spiro atoms. The van der Waals surface area contributed by atoms with E-state index in [0.29, 0.717) is 10.6 Å². The van der Waals surface area contributed by atoms with Crippen LogP contribution in [-0.4, -0.2) is 40.2 Å². The number of aliphatic carboxylic acids is 1. The zero-order valence-corrected chi connectivity index (χ0v) is 11.6. The van der Waals surface area contributed by atoms with E-state index in [9.17, 15) is 18.0 Å². The lowest BCUT2D eigenvalue weighted by Crippen LogP contribution is -2.39. The van der Waals surface area contributed by atoms with Gasteiger partial charge in [0.05, 0.1) is 23.8 Å². The van der Waals surface area contributed by atoms with E-state index in [4.69, 9.17) is 5.11 Å². The van der Waals surface area contributed by atoms with E-state index in [1.807, 2.05) is 0 Å². The van der Waals surface area contributed by atoms with E-state index in [-0.39, 0.29) is 0 Å². The summed E-state index contributed by atoms with van der Waals surface area (Å²) in [5, 5.41) is 9.48. The normalized spacial score (nSPS) is 13.8. The molecule has 0 aliphatic rings. The molecule has 1 atom stereocenters. The molecule has 1 N–H and O–H groups in total. The summed E-state index contributed by atoms with van der Waals surface area (Å²) in [5.74, 6) is -1.28. The highest BCUT2D eigenvalue weighted by Crippen LogP contribution is 2.31. The second-order valence-electron chi connectivity index (χ2n) is 4.27. The Morgan fingerprint density at radius 1 is 1.47 bits per heavy atom. The zero-order chi connectivity index (χ0) is 14.8. The number of thiazole rings is 1. The number of nitrogens with zero attached hydrogens (tertiary/aromatic N) is 2. The molecule has 8 heteroatoms. The summed E-state index contributed by atoms with van der Waals surface area (Å²) in [6, 6.07) is -0.635. The van der Waals surface area contributed by atoms with Gasteiger partial charge in [-0.05, 0) is 20.8 Å². The third-order valence-corrected chi connectivity index (χ3v) is 3.83. The van der Waals surface area contributed by atoms with Gasteiger partial charge < -0.3 is 5.11 Å². The topological polar surface area (TPSA) is 53.4 Å². The molecule has 0 aromatic carbocycles. The van der Waals surface area contributed by atoms with E-state index in [0.717, 1.165) is 9.91 Å². The standard InChI is InChI=1S/C11H15F3N2O2S/c1-6-10(19-8(3)15-6)7(2)16(4-9(17)18)5-11(12,13)14/h7H,4-5H2,1-3H3,(H,17,18). The van der Waals surface area contributed by atoms with Crippen LogP contribution in [0.5, 0.6) is 0 Å². The third-order valence-electron chi connectivity index (χ3n) is 2.59. The summed E-state index contributed by atoms with van der Waals surface area (Å²) in [4.78, 5) is 16.4. The van der Waals surface area contributed by atoms with Crippen LogP contribution in [0.4, 0.5) is 13.2 Å². The molecule has 1 rings (SSSR count). The molecule has 0 radical (unpaired) electrons. The molecule has 0 aliphatic heterocycles. The van der Waals surface area contributed by atoms with Gasteiger partial charge in [0.15, 0.2) is 0 Å². The molecule has 0 fully saturated rings. The maximum atomic E-state index is 12.5. The number of aryl methyl sites for hydroxylation is 2. The number of hydrogen-bond donors (Lipinski definition) is 1. The number of hydrogen-bond acceptors (Lipinski definition) is 4. The summed E-state index contributed by atoms with van der Waals surface area (Å²) < 4.78 is 37.5. The first kappa shape index (κ1) is 15.9. The van der Waals surface area contributed by atoms with Crippen molar-refractivity contribution in [2.45, 2.75) is 33.0 Å². The van der Waals surface area contributed by atoms with Crippen LogP contribution in [0.3, 0.4) is 0 Å². The minimum atomic E-state index is -4.43. The number of halogens is 3. The fourth-order valence-electron chi connectivity index (χ4n) is 1.83. The van der Waals surface area contributed by atoms with Crippen molar-refractivity contribution in [1.82, 2.24) is 9.88 Å². The van der Waals surface area contributed by atoms with Crippen molar-refractivity contribution in [3.8, 4) is 0 Å². The first-order valence-corrected chi connectivity index (χ1v) is 6.38. The maximum Gasteiger partial charge on any atom is 0.401 e. The first-order valence-electron chi connectivity index (χ1n) is 5.56. The van der Waals surface area contributed by atoms with Crippen molar-refractivity contribution in [2.75, 3.05) is 13.1 Å². The van der Waals surface area contributed by atoms with Crippen LogP contribution in [0.1, 0.15) is 28.5 Å². The highest BCUT2D eigenvalue weighted by atomic mass is 32.1. The monoisotopic (exact) mass is 296 g/mol. The smallest absolute Gasteiger partial charge is 0.401 e. The lowest BCUT2D eigenvalue weighted by atomic mass is 10.2. The van der Waals surface area contributed by atoms with Gasteiger partial charge in [-0.25, -0.2) is 4.98 Å². The van der Waals surface area contributed by atoms with Crippen LogP contribution in [0.2, 0.25) is 0 Å². The van der Waals surface area contributed by atoms with Crippen molar-refractivity contribution in [3.63, 3.8) is 0 Å².